The predicted octanol–water partition coefficient (Wildman–Crippen LogP) is 2.03. The minimum atomic E-state index is -1.16. The lowest BCUT2D eigenvalue weighted by molar-refractivity contribution is -0.313. The second-order valence-corrected chi connectivity index (χ2v) is 5.84. The van der Waals surface area contributed by atoms with Crippen molar-refractivity contribution in [1.29, 1.82) is 0 Å². The number of allylic oxidation sites excluding steroid dienone is 2. The molecule has 0 fully saturated rings. The summed E-state index contributed by atoms with van der Waals surface area (Å²) in [5, 5.41) is 13.9. The fourth-order valence-electron chi connectivity index (χ4n) is 2.36. The predicted molar refractivity (Wildman–Crippen MR) is 77.9 cm³/mol. The number of aliphatic carboxylic acids is 1. The van der Waals surface area contributed by atoms with Crippen LogP contribution in [0.4, 0.5) is 5.69 Å². The molecule has 1 aliphatic carbocycles. The number of amides is 1. The zero-order valence-corrected chi connectivity index (χ0v) is 12.6. The lowest BCUT2D eigenvalue weighted by Gasteiger charge is -2.28. The Morgan fingerprint density at radius 1 is 1.25 bits per heavy atom. The quantitative estimate of drug-likeness (QED) is 0.858. The van der Waals surface area contributed by atoms with Gasteiger partial charge in [0, 0.05) is 22.0 Å². The second kappa shape index (κ2) is 6.22. The number of benzene rings is 1. The molecule has 20 heavy (non-hydrogen) atoms. The van der Waals surface area contributed by atoms with Crippen molar-refractivity contribution in [1.82, 2.24) is 0 Å². The molecule has 4 nitrogen and oxygen atoms in total. The molecule has 2 atom stereocenters. The SMILES string of the molecule is Cc1cc(Br)ccc1NC(=O)[C@H]1CC=CC[C@H]1C(=O)[O-]. The van der Waals surface area contributed by atoms with E-state index in [9.17, 15) is 14.7 Å². The zero-order valence-electron chi connectivity index (χ0n) is 11.1. The van der Waals surface area contributed by atoms with Crippen LogP contribution in [0.5, 0.6) is 0 Å². The number of hydrogen-bond donors (Lipinski definition) is 1. The number of hydrogen-bond acceptors (Lipinski definition) is 3. The maximum Gasteiger partial charge on any atom is 0.228 e. The van der Waals surface area contributed by atoms with Gasteiger partial charge in [0.25, 0.3) is 0 Å². The molecule has 0 heterocycles. The van der Waals surface area contributed by atoms with Gasteiger partial charge in [-0.15, -0.1) is 0 Å². The number of carboxylic acid groups (broad SMARTS) is 1. The average Bonchev–Trinajstić information content (AvgIpc) is 2.41. The summed E-state index contributed by atoms with van der Waals surface area (Å²) in [5.41, 5.74) is 1.62. The van der Waals surface area contributed by atoms with E-state index in [2.05, 4.69) is 21.2 Å². The molecule has 1 aromatic rings. The van der Waals surface area contributed by atoms with Gasteiger partial charge in [-0.25, -0.2) is 0 Å². The van der Waals surface area contributed by atoms with Crippen molar-refractivity contribution >= 4 is 33.5 Å². The molecule has 1 aliphatic rings. The molecule has 0 aliphatic heterocycles. The fourth-order valence-corrected chi connectivity index (χ4v) is 2.83. The van der Waals surface area contributed by atoms with Crippen LogP contribution < -0.4 is 10.4 Å². The standard InChI is InChI=1S/C15H16BrNO3/c1-9-8-10(16)6-7-13(9)17-14(18)11-4-2-3-5-12(11)15(19)20/h2-3,6-8,11-12H,4-5H2,1H3,(H,17,18)(H,19,20)/p-1/t11-,12+/m0/s1. The lowest BCUT2D eigenvalue weighted by Crippen LogP contribution is -2.41. The molecule has 0 bridgehead atoms. The Balaban J connectivity index is 2.14. The topological polar surface area (TPSA) is 69.2 Å². The fraction of sp³-hybridized carbons (Fsp3) is 0.333. The van der Waals surface area contributed by atoms with Gasteiger partial charge < -0.3 is 15.2 Å². The Morgan fingerprint density at radius 3 is 2.50 bits per heavy atom. The maximum absolute atomic E-state index is 12.3. The first-order valence-corrected chi connectivity index (χ1v) is 7.21. The van der Waals surface area contributed by atoms with Crippen LogP contribution in [0.15, 0.2) is 34.8 Å². The second-order valence-electron chi connectivity index (χ2n) is 4.92. The van der Waals surface area contributed by atoms with Crippen LogP contribution >= 0.6 is 15.9 Å². The van der Waals surface area contributed by atoms with Crippen LogP contribution in [0.2, 0.25) is 0 Å². The number of anilines is 1. The van der Waals surface area contributed by atoms with Crippen molar-refractivity contribution in [3.8, 4) is 0 Å². The molecule has 0 saturated heterocycles. The highest BCUT2D eigenvalue weighted by molar-refractivity contribution is 9.10. The maximum atomic E-state index is 12.3. The van der Waals surface area contributed by atoms with E-state index < -0.39 is 17.8 Å². The van der Waals surface area contributed by atoms with E-state index >= 15 is 0 Å². The van der Waals surface area contributed by atoms with Crippen molar-refractivity contribution in [2.45, 2.75) is 19.8 Å². The summed E-state index contributed by atoms with van der Waals surface area (Å²) in [7, 11) is 0. The van der Waals surface area contributed by atoms with Crippen molar-refractivity contribution in [2.75, 3.05) is 5.32 Å². The van der Waals surface area contributed by atoms with Gasteiger partial charge in [-0.05, 0) is 43.5 Å². The van der Waals surface area contributed by atoms with E-state index in [0.717, 1.165) is 10.0 Å². The zero-order chi connectivity index (χ0) is 14.7. The largest absolute Gasteiger partial charge is 0.550 e. The van der Waals surface area contributed by atoms with Crippen LogP contribution in [-0.4, -0.2) is 11.9 Å². The Bertz CT molecular complexity index is 568. The van der Waals surface area contributed by atoms with E-state index in [-0.39, 0.29) is 5.91 Å². The first kappa shape index (κ1) is 14.8. The van der Waals surface area contributed by atoms with E-state index in [1.807, 2.05) is 25.1 Å². The van der Waals surface area contributed by atoms with Crippen LogP contribution in [0.25, 0.3) is 0 Å². The van der Waals surface area contributed by atoms with Crippen molar-refractivity contribution in [3.63, 3.8) is 0 Å². The average molecular weight is 337 g/mol. The molecule has 0 spiro atoms. The molecular weight excluding hydrogens is 322 g/mol. The van der Waals surface area contributed by atoms with Crippen LogP contribution in [0.3, 0.4) is 0 Å². The van der Waals surface area contributed by atoms with E-state index in [1.165, 1.54) is 0 Å². The molecule has 0 radical (unpaired) electrons. The smallest absolute Gasteiger partial charge is 0.228 e. The molecule has 2 rings (SSSR count). The summed E-state index contributed by atoms with van der Waals surface area (Å²) >= 11 is 3.36. The number of aryl methyl sites for hydroxylation is 1. The molecule has 0 unspecified atom stereocenters. The van der Waals surface area contributed by atoms with Gasteiger partial charge in [0.05, 0.1) is 5.92 Å². The van der Waals surface area contributed by atoms with E-state index in [4.69, 9.17) is 0 Å². The van der Waals surface area contributed by atoms with Crippen LogP contribution in [0.1, 0.15) is 18.4 Å². The van der Waals surface area contributed by atoms with Gasteiger partial charge >= 0.3 is 0 Å². The third kappa shape index (κ3) is 3.28. The summed E-state index contributed by atoms with van der Waals surface area (Å²) in [6, 6.07) is 5.52. The van der Waals surface area contributed by atoms with Gasteiger partial charge in [0.1, 0.15) is 0 Å². The van der Waals surface area contributed by atoms with Gasteiger partial charge in [-0.1, -0.05) is 28.1 Å². The number of halogens is 1. The van der Waals surface area contributed by atoms with E-state index in [1.54, 1.807) is 12.1 Å². The number of rotatable bonds is 3. The number of carboxylic acids is 1. The number of carbonyl (C=O) groups excluding carboxylic acids is 2. The van der Waals surface area contributed by atoms with Crippen molar-refractivity contribution in [3.05, 3.63) is 40.4 Å². The van der Waals surface area contributed by atoms with Gasteiger partial charge in [0.2, 0.25) is 5.91 Å². The molecule has 106 valence electrons. The first-order valence-electron chi connectivity index (χ1n) is 6.42. The van der Waals surface area contributed by atoms with Gasteiger partial charge in [-0.2, -0.15) is 0 Å². The minimum absolute atomic E-state index is 0.269. The summed E-state index contributed by atoms with van der Waals surface area (Å²) in [5.74, 6) is -2.76. The van der Waals surface area contributed by atoms with Crippen LogP contribution in [0, 0.1) is 18.8 Å². The summed E-state index contributed by atoms with van der Waals surface area (Å²) < 4.78 is 0.932. The minimum Gasteiger partial charge on any atom is -0.550 e. The molecule has 0 aromatic heterocycles. The third-order valence-corrected chi connectivity index (χ3v) is 4.01. The molecule has 5 heteroatoms. The first-order chi connectivity index (χ1) is 9.49. The van der Waals surface area contributed by atoms with Crippen molar-refractivity contribution in [2.24, 2.45) is 11.8 Å². The Morgan fingerprint density at radius 2 is 1.90 bits per heavy atom. The molecule has 1 aromatic carbocycles. The lowest BCUT2D eigenvalue weighted by atomic mass is 9.82. The Labute approximate surface area is 126 Å². The third-order valence-electron chi connectivity index (χ3n) is 3.52. The molecule has 1 N–H and O–H groups in total. The van der Waals surface area contributed by atoms with Crippen molar-refractivity contribution < 1.29 is 14.7 Å². The summed E-state index contributed by atoms with van der Waals surface area (Å²) in [6.45, 7) is 1.89. The highest BCUT2D eigenvalue weighted by Gasteiger charge is 2.29. The summed E-state index contributed by atoms with van der Waals surface area (Å²) in [6.07, 6.45) is 4.41. The Kier molecular flexibility index (Phi) is 4.60. The highest BCUT2D eigenvalue weighted by Crippen LogP contribution is 2.27. The van der Waals surface area contributed by atoms with Gasteiger partial charge in [-0.3, -0.25) is 4.79 Å². The molecule has 1 amide bonds. The summed E-state index contributed by atoms with van der Waals surface area (Å²) in [4.78, 5) is 23.4. The van der Waals surface area contributed by atoms with Crippen LogP contribution in [-0.2, 0) is 9.59 Å². The monoisotopic (exact) mass is 336 g/mol. The molecule has 0 saturated carbocycles. The van der Waals surface area contributed by atoms with Gasteiger partial charge in [0.15, 0.2) is 0 Å². The molecular formula is C15H15BrNO3-. The van der Waals surface area contributed by atoms with E-state index in [0.29, 0.717) is 18.5 Å². The number of nitrogens with one attached hydrogen (secondary N) is 1. The highest BCUT2D eigenvalue weighted by atomic mass is 79.9. The Hall–Kier alpha value is -1.62. The normalized spacial score (nSPS) is 21.5. The number of carbonyl (C=O) groups is 2.